The van der Waals surface area contributed by atoms with Gasteiger partial charge in [0.05, 0.1) is 0 Å². The average molecular weight is 261 g/mol. The first kappa shape index (κ1) is 13.6. The minimum atomic E-state index is -0.391. The molecule has 0 atom stereocenters. The van der Waals surface area contributed by atoms with Crippen LogP contribution in [0.5, 0.6) is 0 Å². The predicted molar refractivity (Wildman–Crippen MR) is 77.0 cm³/mol. The maximum absolute atomic E-state index is 14.0. The van der Waals surface area contributed by atoms with Crippen LogP contribution in [0.4, 0.5) is 10.1 Å². The molecule has 1 aromatic carbocycles. The van der Waals surface area contributed by atoms with E-state index in [1.807, 2.05) is 26.0 Å². The molecule has 0 saturated carbocycles. The number of allylic oxidation sites excluding steroid dienone is 3. The zero-order chi connectivity index (χ0) is 13.8. The molecular formula is C15H20FN3. The molecule has 0 heterocycles. The topological polar surface area (TPSA) is 50.1 Å². The van der Waals surface area contributed by atoms with Crippen LogP contribution >= 0.6 is 0 Å². The van der Waals surface area contributed by atoms with Gasteiger partial charge in [-0.05, 0) is 56.4 Å². The molecule has 0 amide bonds. The Hall–Kier alpha value is -1.81. The van der Waals surface area contributed by atoms with Crippen molar-refractivity contribution in [2.75, 3.05) is 5.32 Å². The Morgan fingerprint density at radius 3 is 2.79 bits per heavy atom. The lowest BCUT2D eigenvalue weighted by molar-refractivity contribution is 0.635. The summed E-state index contributed by atoms with van der Waals surface area (Å²) in [5, 5.41) is 3.06. The third-order valence-electron chi connectivity index (χ3n) is 3.20. The van der Waals surface area contributed by atoms with Crippen LogP contribution in [-0.4, -0.2) is 0 Å². The van der Waals surface area contributed by atoms with Gasteiger partial charge in [-0.2, -0.15) is 0 Å². The van der Waals surface area contributed by atoms with Crippen molar-refractivity contribution in [3.8, 4) is 0 Å². The third-order valence-corrected chi connectivity index (χ3v) is 3.20. The molecule has 0 unspecified atom stereocenters. The summed E-state index contributed by atoms with van der Waals surface area (Å²) in [6.45, 7) is 3.68. The molecule has 1 aliphatic rings. The molecule has 19 heavy (non-hydrogen) atoms. The maximum atomic E-state index is 14.0. The van der Waals surface area contributed by atoms with Crippen molar-refractivity contribution < 1.29 is 4.39 Å². The lowest BCUT2D eigenvalue weighted by Crippen LogP contribution is -2.27. The summed E-state index contributed by atoms with van der Waals surface area (Å²) in [6.07, 6.45) is 4.72. The number of hydrazine groups is 1. The van der Waals surface area contributed by atoms with E-state index in [0.29, 0.717) is 0 Å². The molecule has 4 heteroatoms. The smallest absolute Gasteiger partial charge is 0.164 e. The maximum Gasteiger partial charge on any atom is 0.164 e. The molecule has 0 radical (unpaired) electrons. The van der Waals surface area contributed by atoms with Crippen molar-refractivity contribution in [1.82, 2.24) is 5.43 Å². The van der Waals surface area contributed by atoms with Crippen molar-refractivity contribution in [2.45, 2.75) is 33.1 Å². The van der Waals surface area contributed by atoms with Gasteiger partial charge in [0.25, 0.3) is 0 Å². The first-order valence-electron chi connectivity index (χ1n) is 6.51. The van der Waals surface area contributed by atoms with Crippen molar-refractivity contribution >= 4 is 5.69 Å². The molecule has 0 saturated heterocycles. The van der Waals surface area contributed by atoms with Crippen LogP contribution in [0.2, 0.25) is 0 Å². The minimum absolute atomic E-state index is 0.196. The van der Waals surface area contributed by atoms with Crippen LogP contribution in [0.3, 0.4) is 0 Å². The molecule has 102 valence electrons. The number of benzene rings is 1. The number of halogens is 1. The molecular weight excluding hydrogens is 241 g/mol. The highest BCUT2D eigenvalue weighted by molar-refractivity contribution is 5.59. The van der Waals surface area contributed by atoms with Gasteiger partial charge in [0.2, 0.25) is 0 Å². The Morgan fingerprint density at radius 2 is 2.11 bits per heavy atom. The Morgan fingerprint density at radius 1 is 1.32 bits per heavy atom. The second-order valence-corrected chi connectivity index (χ2v) is 5.01. The quantitative estimate of drug-likeness (QED) is 0.443. The van der Waals surface area contributed by atoms with E-state index < -0.39 is 5.83 Å². The SMILES string of the molecule is CC(C)=C/C(F)=C(\NN)Nc1cccc2c1CCC2. The van der Waals surface area contributed by atoms with Crippen molar-refractivity contribution in [2.24, 2.45) is 5.84 Å². The van der Waals surface area contributed by atoms with E-state index in [0.717, 1.165) is 30.5 Å². The van der Waals surface area contributed by atoms with Crippen molar-refractivity contribution in [3.05, 3.63) is 52.6 Å². The Kier molecular flexibility index (Phi) is 4.22. The molecule has 0 aromatic heterocycles. The molecule has 0 aliphatic heterocycles. The van der Waals surface area contributed by atoms with E-state index in [1.165, 1.54) is 17.2 Å². The highest BCUT2D eigenvalue weighted by Crippen LogP contribution is 2.29. The summed E-state index contributed by atoms with van der Waals surface area (Å²) in [7, 11) is 0. The van der Waals surface area contributed by atoms with Gasteiger partial charge in [-0.1, -0.05) is 17.7 Å². The van der Waals surface area contributed by atoms with Gasteiger partial charge in [-0.3, -0.25) is 0 Å². The van der Waals surface area contributed by atoms with E-state index in [4.69, 9.17) is 5.84 Å². The highest BCUT2D eigenvalue weighted by Gasteiger charge is 2.15. The Bertz CT molecular complexity index is 528. The van der Waals surface area contributed by atoms with E-state index in [1.54, 1.807) is 0 Å². The van der Waals surface area contributed by atoms with Gasteiger partial charge < -0.3 is 10.7 Å². The molecule has 1 aliphatic carbocycles. The molecule has 3 nitrogen and oxygen atoms in total. The number of nitrogens with one attached hydrogen (secondary N) is 2. The predicted octanol–water partition coefficient (Wildman–Crippen LogP) is 3.16. The van der Waals surface area contributed by atoms with E-state index >= 15 is 0 Å². The van der Waals surface area contributed by atoms with Gasteiger partial charge in [0, 0.05) is 5.69 Å². The Labute approximate surface area is 113 Å². The van der Waals surface area contributed by atoms with Gasteiger partial charge in [-0.15, -0.1) is 0 Å². The summed E-state index contributed by atoms with van der Waals surface area (Å²) in [6, 6.07) is 6.07. The zero-order valence-electron chi connectivity index (χ0n) is 11.4. The van der Waals surface area contributed by atoms with E-state index in [2.05, 4.69) is 16.8 Å². The van der Waals surface area contributed by atoms with Crippen LogP contribution < -0.4 is 16.6 Å². The van der Waals surface area contributed by atoms with Gasteiger partial charge in [-0.25, -0.2) is 10.2 Å². The number of anilines is 1. The zero-order valence-corrected chi connectivity index (χ0v) is 11.4. The molecule has 0 fully saturated rings. The molecule has 4 N–H and O–H groups in total. The van der Waals surface area contributed by atoms with Crippen LogP contribution in [-0.2, 0) is 12.8 Å². The number of hydrogen-bond donors (Lipinski definition) is 3. The fourth-order valence-electron chi connectivity index (χ4n) is 2.36. The first-order valence-corrected chi connectivity index (χ1v) is 6.51. The van der Waals surface area contributed by atoms with Crippen LogP contribution in [0, 0.1) is 0 Å². The fourth-order valence-corrected chi connectivity index (χ4v) is 2.36. The van der Waals surface area contributed by atoms with Crippen LogP contribution in [0.15, 0.2) is 41.5 Å². The summed E-state index contributed by atoms with van der Waals surface area (Å²) in [5.41, 5.74) is 6.81. The average Bonchev–Trinajstić information content (AvgIpc) is 2.83. The van der Waals surface area contributed by atoms with E-state index in [9.17, 15) is 4.39 Å². The standard InChI is InChI=1S/C15H20FN3/c1-10(2)9-13(16)15(19-17)18-14-8-4-6-11-5-3-7-12(11)14/h4,6,8-9,18-19H,3,5,7,17H2,1-2H3/b15-13+. The number of fused-ring (bicyclic) bond motifs is 1. The van der Waals surface area contributed by atoms with Gasteiger partial charge in [0.1, 0.15) is 0 Å². The summed E-state index contributed by atoms with van der Waals surface area (Å²) in [4.78, 5) is 0. The Balaban J connectivity index is 2.29. The number of hydrogen-bond acceptors (Lipinski definition) is 3. The van der Waals surface area contributed by atoms with E-state index in [-0.39, 0.29) is 5.82 Å². The largest absolute Gasteiger partial charge is 0.338 e. The number of rotatable bonds is 4. The lowest BCUT2D eigenvalue weighted by atomic mass is 10.1. The normalized spacial score (nSPS) is 14.5. The monoisotopic (exact) mass is 261 g/mol. The molecule has 1 aromatic rings. The van der Waals surface area contributed by atoms with Crippen LogP contribution in [0.1, 0.15) is 31.4 Å². The molecule has 0 bridgehead atoms. The summed E-state index contributed by atoms with van der Waals surface area (Å²) >= 11 is 0. The lowest BCUT2D eigenvalue weighted by Gasteiger charge is -2.14. The number of nitrogens with two attached hydrogens (primary N) is 1. The third kappa shape index (κ3) is 3.15. The minimum Gasteiger partial charge on any atom is -0.338 e. The summed E-state index contributed by atoms with van der Waals surface area (Å²) in [5.74, 6) is 5.21. The van der Waals surface area contributed by atoms with Gasteiger partial charge >= 0.3 is 0 Å². The molecule has 0 spiro atoms. The summed E-state index contributed by atoms with van der Waals surface area (Å²) < 4.78 is 14.0. The fraction of sp³-hybridized carbons (Fsp3) is 0.333. The number of aryl methyl sites for hydroxylation is 1. The van der Waals surface area contributed by atoms with Gasteiger partial charge in [0.15, 0.2) is 11.6 Å². The van der Waals surface area contributed by atoms with Crippen LogP contribution in [0.25, 0.3) is 0 Å². The molecule has 2 rings (SSSR count). The second-order valence-electron chi connectivity index (χ2n) is 5.01. The second kappa shape index (κ2) is 5.89. The first-order chi connectivity index (χ1) is 9.11. The van der Waals surface area contributed by atoms with Crippen molar-refractivity contribution in [1.29, 1.82) is 0 Å². The highest BCUT2D eigenvalue weighted by atomic mass is 19.1. The van der Waals surface area contributed by atoms with Crippen molar-refractivity contribution in [3.63, 3.8) is 0 Å².